The number of allylic oxidation sites excluding steroid dienone is 1. The molecular weight excluding hydrogens is 359 g/mol. The van der Waals surface area contributed by atoms with E-state index in [0.29, 0.717) is 24.2 Å². The van der Waals surface area contributed by atoms with E-state index in [1.807, 2.05) is 0 Å². The lowest BCUT2D eigenvalue weighted by atomic mass is 9.95. The van der Waals surface area contributed by atoms with Crippen LogP contribution < -0.4 is 10.6 Å². The van der Waals surface area contributed by atoms with Gasteiger partial charge in [0.2, 0.25) is 0 Å². The molecule has 1 amide bonds. The van der Waals surface area contributed by atoms with Crippen LogP contribution in [0.25, 0.3) is 0 Å². The average Bonchev–Trinajstić information content (AvgIpc) is 2.89. The van der Waals surface area contributed by atoms with Crippen molar-refractivity contribution in [2.75, 3.05) is 23.7 Å². The van der Waals surface area contributed by atoms with Crippen LogP contribution in [0.4, 0.5) is 14.9 Å². The minimum atomic E-state index is -2.66. The maximum absolute atomic E-state index is 14.4. The summed E-state index contributed by atoms with van der Waals surface area (Å²) in [5.74, 6) is -0.405. The highest BCUT2D eigenvalue weighted by Crippen LogP contribution is 2.47. The number of halogens is 2. The number of cyclic esters (lactones) is 1. The van der Waals surface area contributed by atoms with Crippen molar-refractivity contribution in [3.8, 4) is 0 Å². The molecule has 0 aliphatic carbocycles. The summed E-state index contributed by atoms with van der Waals surface area (Å²) in [4.78, 5) is 13.1. The molecule has 3 rings (SSSR count). The van der Waals surface area contributed by atoms with Gasteiger partial charge in [0.25, 0.3) is 0 Å². The van der Waals surface area contributed by atoms with Gasteiger partial charge < -0.3 is 10.5 Å². The molecule has 0 aromatic heterocycles. The van der Waals surface area contributed by atoms with Crippen LogP contribution >= 0.6 is 23.0 Å². The van der Waals surface area contributed by atoms with Gasteiger partial charge in [0.05, 0.1) is 12.2 Å². The molecule has 0 saturated carbocycles. The Kier molecular flexibility index (Phi) is 5.77. The lowest BCUT2D eigenvalue weighted by molar-refractivity contribution is 0.145. The fourth-order valence-corrected chi connectivity index (χ4v) is 3.96. The summed E-state index contributed by atoms with van der Waals surface area (Å²) in [5.41, 5.74) is 6.39. The summed E-state index contributed by atoms with van der Waals surface area (Å²) in [5, 5.41) is 1.36. The number of hydrogen-bond acceptors (Lipinski definition) is 5. The van der Waals surface area contributed by atoms with Crippen LogP contribution in [0.1, 0.15) is 17.9 Å². The van der Waals surface area contributed by atoms with Gasteiger partial charge in [-0.05, 0) is 24.1 Å². The fourth-order valence-electron chi connectivity index (χ4n) is 2.78. The number of nitrogens with two attached hydrogens (primary N) is 1. The Hall–Kier alpha value is -1.32. The standard InChI is InChI=1S/C15H19FN2O4S.ClH/c16-14-7-11(18-9-12(8-17)22-15(18)19)1-2-13(14)10-3-5-23(20,21)6-4-10;/h1-3,5,7,10,12,20-21H,4,6,8-9,17H2;1H/t10?,12-;/m0./s1. The van der Waals surface area contributed by atoms with Crippen LogP contribution in [0.5, 0.6) is 0 Å². The third-order valence-corrected chi connectivity index (χ3v) is 5.52. The van der Waals surface area contributed by atoms with Crippen LogP contribution in [-0.4, -0.2) is 40.1 Å². The molecule has 1 saturated heterocycles. The topological polar surface area (TPSA) is 96.0 Å². The Labute approximate surface area is 147 Å². The van der Waals surface area contributed by atoms with E-state index in [0.717, 1.165) is 0 Å². The molecule has 1 aromatic carbocycles. The van der Waals surface area contributed by atoms with Crippen LogP contribution in [0.3, 0.4) is 0 Å². The Balaban J connectivity index is 0.00000208. The molecule has 0 spiro atoms. The quantitative estimate of drug-likeness (QED) is 0.750. The third-order valence-electron chi connectivity index (χ3n) is 4.09. The zero-order valence-corrected chi connectivity index (χ0v) is 14.4. The van der Waals surface area contributed by atoms with Crippen molar-refractivity contribution in [1.29, 1.82) is 0 Å². The molecule has 1 fully saturated rings. The summed E-state index contributed by atoms with van der Waals surface area (Å²) < 4.78 is 38.6. The first kappa shape index (κ1) is 19.0. The molecule has 134 valence electrons. The highest BCUT2D eigenvalue weighted by atomic mass is 35.5. The second kappa shape index (κ2) is 7.28. The van der Waals surface area contributed by atoms with Crippen LogP contribution in [0.2, 0.25) is 0 Å². The van der Waals surface area contributed by atoms with Gasteiger partial charge in [-0.2, -0.15) is 10.6 Å². The summed E-state index contributed by atoms with van der Waals surface area (Å²) in [7, 11) is -2.66. The van der Waals surface area contributed by atoms with Crippen LogP contribution in [0, 0.1) is 5.82 Å². The first-order valence-corrected chi connectivity index (χ1v) is 9.09. The van der Waals surface area contributed by atoms with E-state index >= 15 is 0 Å². The van der Waals surface area contributed by atoms with E-state index in [1.54, 1.807) is 18.2 Å². The maximum atomic E-state index is 14.4. The SMILES string of the molecule is Cl.NC[C@H]1CN(c2ccc(C3C=CS(O)(O)CC3)c(F)c2)C(=O)O1. The number of carbonyl (C=O) groups excluding carboxylic acids is 1. The van der Waals surface area contributed by atoms with Crippen LogP contribution in [-0.2, 0) is 4.74 Å². The van der Waals surface area contributed by atoms with Gasteiger partial charge >= 0.3 is 6.09 Å². The molecule has 2 aliphatic heterocycles. The maximum Gasteiger partial charge on any atom is 0.414 e. The van der Waals surface area contributed by atoms with E-state index in [9.17, 15) is 18.3 Å². The van der Waals surface area contributed by atoms with Gasteiger partial charge in [-0.25, -0.2) is 9.18 Å². The molecule has 24 heavy (non-hydrogen) atoms. The molecule has 9 heteroatoms. The van der Waals surface area contributed by atoms with E-state index in [2.05, 4.69) is 0 Å². The predicted molar refractivity (Wildman–Crippen MR) is 94.5 cm³/mol. The Morgan fingerprint density at radius 1 is 1.42 bits per heavy atom. The number of ether oxygens (including phenoxy) is 1. The Morgan fingerprint density at radius 3 is 2.71 bits per heavy atom. The summed E-state index contributed by atoms with van der Waals surface area (Å²) in [6.07, 6.45) is 1.19. The predicted octanol–water partition coefficient (Wildman–Crippen LogP) is 3.28. The van der Waals surface area contributed by atoms with Crippen molar-refractivity contribution in [3.05, 3.63) is 41.1 Å². The lowest BCUT2D eigenvalue weighted by Gasteiger charge is -2.34. The van der Waals surface area contributed by atoms with Gasteiger partial charge in [0, 0.05) is 23.6 Å². The Bertz CT molecular complexity index is 658. The average molecular weight is 379 g/mol. The molecule has 2 heterocycles. The number of anilines is 1. The fraction of sp³-hybridized carbons (Fsp3) is 0.400. The largest absolute Gasteiger partial charge is 0.443 e. The molecule has 6 nitrogen and oxygen atoms in total. The van der Waals surface area contributed by atoms with Gasteiger partial charge in [0.15, 0.2) is 0 Å². The number of hydrogen-bond donors (Lipinski definition) is 3. The minimum absolute atomic E-state index is 0. The van der Waals surface area contributed by atoms with Crippen molar-refractivity contribution < 1.29 is 23.0 Å². The first-order valence-electron chi connectivity index (χ1n) is 7.31. The van der Waals surface area contributed by atoms with Gasteiger partial charge in [-0.3, -0.25) is 14.0 Å². The molecule has 0 bridgehead atoms. The number of benzene rings is 1. The minimum Gasteiger partial charge on any atom is -0.443 e. The van der Waals surface area contributed by atoms with Gasteiger partial charge in [0.1, 0.15) is 11.9 Å². The molecule has 0 radical (unpaired) electrons. The van der Waals surface area contributed by atoms with Gasteiger partial charge in [-0.1, -0.05) is 12.1 Å². The second-order valence-electron chi connectivity index (χ2n) is 5.70. The number of amides is 1. The summed E-state index contributed by atoms with van der Waals surface area (Å²) >= 11 is 0. The number of nitrogens with zero attached hydrogens (tertiary/aromatic N) is 1. The van der Waals surface area contributed by atoms with Crippen LogP contribution in [0.15, 0.2) is 29.7 Å². The van der Waals surface area contributed by atoms with Crippen molar-refractivity contribution in [3.63, 3.8) is 0 Å². The second-order valence-corrected chi connectivity index (χ2v) is 7.82. The van der Waals surface area contributed by atoms with E-state index < -0.39 is 22.5 Å². The lowest BCUT2D eigenvalue weighted by Crippen LogP contribution is -2.27. The zero-order valence-electron chi connectivity index (χ0n) is 12.8. The zero-order chi connectivity index (χ0) is 16.6. The van der Waals surface area contributed by atoms with E-state index in [-0.39, 0.29) is 36.7 Å². The summed E-state index contributed by atoms with van der Waals surface area (Å²) in [6, 6.07) is 4.59. The van der Waals surface area contributed by atoms with Crippen molar-refractivity contribution >= 4 is 34.8 Å². The molecule has 1 unspecified atom stereocenters. The molecule has 1 aromatic rings. The molecule has 2 atom stereocenters. The summed E-state index contributed by atoms with van der Waals surface area (Å²) in [6.45, 7) is 0.528. The van der Waals surface area contributed by atoms with Crippen molar-refractivity contribution in [1.82, 2.24) is 0 Å². The first-order chi connectivity index (χ1) is 10.9. The third kappa shape index (κ3) is 3.84. The van der Waals surface area contributed by atoms with E-state index in [4.69, 9.17) is 10.5 Å². The van der Waals surface area contributed by atoms with Crippen molar-refractivity contribution in [2.45, 2.75) is 18.4 Å². The van der Waals surface area contributed by atoms with E-state index in [1.165, 1.54) is 16.4 Å². The van der Waals surface area contributed by atoms with Crippen molar-refractivity contribution in [2.24, 2.45) is 5.73 Å². The number of rotatable bonds is 3. The highest BCUT2D eigenvalue weighted by Gasteiger charge is 2.32. The normalized spacial score (nSPS) is 26.7. The highest BCUT2D eigenvalue weighted by molar-refractivity contribution is 8.26. The molecule has 2 aliphatic rings. The molecule has 4 N–H and O–H groups in total. The molecular formula is C15H20ClFN2O4S. The number of carbonyl (C=O) groups is 1. The Morgan fingerprint density at radius 2 is 2.17 bits per heavy atom. The monoisotopic (exact) mass is 378 g/mol. The smallest absolute Gasteiger partial charge is 0.414 e. The van der Waals surface area contributed by atoms with Gasteiger partial charge in [-0.15, -0.1) is 12.4 Å².